The number of nitrogens with zero attached hydrogens (tertiary/aromatic N) is 2. The number of oxazole rings is 1. The summed E-state index contributed by atoms with van der Waals surface area (Å²) in [5.41, 5.74) is 1.35. The van der Waals surface area contributed by atoms with E-state index in [9.17, 15) is 4.79 Å². The highest BCUT2D eigenvalue weighted by atomic mass is 16.5. The van der Waals surface area contributed by atoms with Gasteiger partial charge >= 0.3 is 0 Å². The molecule has 1 aromatic carbocycles. The molecule has 7 nitrogen and oxygen atoms in total. The van der Waals surface area contributed by atoms with Crippen molar-refractivity contribution in [1.82, 2.24) is 15.2 Å². The number of rotatable bonds is 10. The Morgan fingerprint density at radius 1 is 1.13 bits per heavy atom. The van der Waals surface area contributed by atoms with Crippen molar-refractivity contribution in [3.8, 4) is 5.75 Å². The Labute approximate surface area is 177 Å². The summed E-state index contributed by atoms with van der Waals surface area (Å²) >= 11 is 0. The maximum atomic E-state index is 12.4. The minimum Gasteiger partial charge on any atom is -0.496 e. The highest BCUT2D eigenvalue weighted by Crippen LogP contribution is 2.23. The van der Waals surface area contributed by atoms with Crippen LogP contribution in [-0.2, 0) is 19.6 Å². The molecule has 30 heavy (non-hydrogen) atoms. The first kappa shape index (κ1) is 21.6. The van der Waals surface area contributed by atoms with Gasteiger partial charge in [0, 0.05) is 18.2 Å². The third-order valence-electron chi connectivity index (χ3n) is 5.23. The second-order valence-electron chi connectivity index (χ2n) is 7.59. The summed E-state index contributed by atoms with van der Waals surface area (Å²) in [6, 6.07) is 11.8. The molecule has 0 radical (unpaired) electrons. The zero-order valence-electron chi connectivity index (χ0n) is 17.9. The number of methoxy groups -OCH3 is 1. The van der Waals surface area contributed by atoms with Crippen molar-refractivity contribution in [3.05, 3.63) is 71.8 Å². The second kappa shape index (κ2) is 10.1. The third-order valence-corrected chi connectivity index (χ3v) is 5.23. The van der Waals surface area contributed by atoms with Crippen LogP contribution < -0.4 is 10.1 Å². The Bertz CT molecular complexity index is 934. The molecule has 3 aromatic rings. The number of nitrogens with one attached hydrogen (secondary N) is 1. The Balaban J connectivity index is 1.69. The summed E-state index contributed by atoms with van der Waals surface area (Å²) in [7, 11) is 1.68. The molecule has 0 saturated heterocycles. The van der Waals surface area contributed by atoms with Crippen LogP contribution in [0.4, 0.5) is 0 Å². The van der Waals surface area contributed by atoms with E-state index in [2.05, 4.69) is 42.0 Å². The third kappa shape index (κ3) is 5.51. The lowest BCUT2D eigenvalue weighted by Crippen LogP contribution is -2.36. The first-order chi connectivity index (χ1) is 14.5. The van der Waals surface area contributed by atoms with Crippen molar-refractivity contribution in [2.24, 2.45) is 5.92 Å². The molecular formula is C23H29N3O4. The van der Waals surface area contributed by atoms with E-state index in [1.54, 1.807) is 25.5 Å². The minimum atomic E-state index is -0.297. The molecule has 0 aliphatic rings. The van der Waals surface area contributed by atoms with Crippen LogP contribution in [0, 0.1) is 5.92 Å². The van der Waals surface area contributed by atoms with Crippen LogP contribution in [0.1, 0.15) is 48.5 Å². The Kier molecular flexibility index (Phi) is 7.30. The fourth-order valence-corrected chi connectivity index (χ4v) is 3.15. The second-order valence-corrected chi connectivity index (χ2v) is 7.59. The van der Waals surface area contributed by atoms with Crippen LogP contribution in [0.2, 0.25) is 0 Å². The number of hydrogen-bond acceptors (Lipinski definition) is 6. The Morgan fingerprint density at radius 2 is 1.93 bits per heavy atom. The molecule has 0 saturated carbocycles. The van der Waals surface area contributed by atoms with E-state index in [1.165, 1.54) is 6.26 Å². The molecule has 7 heteroatoms. The summed E-state index contributed by atoms with van der Waals surface area (Å²) in [6.07, 6.45) is 2.97. The Hall–Kier alpha value is -3.06. The predicted molar refractivity (Wildman–Crippen MR) is 113 cm³/mol. The maximum Gasteiger partial charge on any atom is 0.273 e. The van der Waals surface area contributed by atoms with Crippen LogP contribution in [0.5, 0.6) is 5.75 Å². The summed E-state index contributed by atoms with van der Waals surface area (Å²) in [5.74, 6) is 2.17. The van der Waals surface area contributed by atoms with Gasteiger partial charge in [-0.3, -0.25) is 9.69 Å². The van der Waals surface area contributed by atoms with Gasteiger partial charge in [-0.05, 0) is 31.0 Å². The molecule has 2 aromatic heterocycles. The first-order valence-electron chi connectivity index (χ1n) is 10.1. The zero-order chi connectivity index (χ0) is 21.5. The van der Waals surface area contributed by atoms with Crippen LogP contribution in [0.25, 0.3) is 0 Å². The smallest absolute Gasteiger partial charge is 0.273 e. The molecule has 0 aliphatic heterocycles. The van der Waals surface area contributed by atoms with Gasteiger partial charge in [-0.1, -0.05) is 32.0 Å². The molecule has 0 unspecified atom stereocenters. The normalized spacial score (nSPS) is 12.3. The Morgan fingerprint density at radius 3 is 2.63 bits per heavy atom. The molecule has 0 fully saturated rings. The van der Waals surface area contributed by atoms with E-state index in [0.29, 0.717) is 37.2 Å². The van der Waals surface area contributed by atoms with Crippen molar-refractivity contribution < 1.29 is 18.4 Å². The molecule has 1 N–H and O–H groups in total. The maximum absolute atomic E-state index is 12.4. The average molecular weight is 412 g/mol. The minimum absolute atomic E-state index is 0.256. The highest BCUT2D eigenvalue weighted by Gasteiger charge is 2.22. The fourth-order valence-electron chi connectivity index (χ4n) is 3.15. The van der Waals surface area contributed by atoms with Crippen molar-refractivity contribution in [2.45, 2.75) is 46.4 Å². The van der Waals surface area contributed by atoms with Gasteiger partial charge < -0.3 is 18.9 Å². The number of para-hydroxylation sites is 1. The van der Waals surface area contributed by atoms with Crippen LogP contribution in [0.3, 0.4) is 0 Å². The van der Waals surface area contributed by atoms with E-state index < -0.39 is 0 Å². The van der Waals surface area contributed by atoms with Gasteiger partial charge in [0.1, 0.15) is 17.8 Å². The summed E-state index contributed by atoms with van der Waals surface area (Å²) in [6.45, 7) is 8.03. The lowest BCUT2D eigenvalue weighted by atomic mass is 10.0. The number of benzene rings is 1. The van der Waals surface area contributed by atoms with E-state index >= 15 is 0 Å². The van der Waals surface area contributed by atoms with Gasteiger partial charge in [-0.25, -0.2) is 4.98 Å². The van der Waals surface area contributed by atoms with E-state index in [-0.39, 0.29) is 17.6 Å². The molecule has 1 amide bonds. The van der Waals surface area contributed by atoms with E-state index in [1.807, 2.05) is 18.2 Å². The van der Waals surface area contributed by atoms with E-state index in [0.717, 1.165) is 11.3 Å². The summed E-state index contributed by atoms with van der Waals surface area (Å²) < 4.78 is 16.3. The molecule has 0 bridgehead atoms. The van der Waals surface area contributed by atoms with Gasteiger partial charge in [-0.2, -0.15) is 0 Å². The molecule has 1 atom stereocenters. The van der Waals surface area contributed by atoms with Gasteiger partial charge in [-0.15, -0.1) is 0 Å². The average Bonchev–Trinajstić information content (AvgIpc) is 3.43. The molecule has 0 aliphatic carbocycles. The topological polar surface area (TPSA) is 80.7 Å². The van der Waals surface area contributed by atoms with Gasteiger partial charge in [0.25, 0.3) is 5.91 Å². The fraction of sp³-hybridized carbons (Fsp3) is 0.391. The predicted octanol–water partition coefficient (Wildman–Crippen LogP) is 4.25. The molecular weight excluding hydrogens is 382 g/mol. The number of carbonyl (C=O) groups is 1. The zero-order valence-corrected chi connectivity index (χ0v) is 17.9. The highest BCUT2D eigenvalue weighted by molar-refractivity contribution is 5.91. The van der Waals surface area contributed by atoms with Gasteiger partial charge in [0.2, 0.25) is 5.89 Å². The van der Waals surface area contributed by atoms with Crippen LogP contribution >= 0.6 is 0 Å². The monoisotopic (exact) mass is 411 g/mol. The number of amides is 1. The number of hydrogen-bond donors (Lipinski definition) is 1. The number of aromatic nitrogens is 1. The lowest BCUT2D eigenvalue weighted by Gasteiger charge is -2.31. The molecule has 2 heterocycles. The molecule has 160 valence electrons. The molecule has 3 rings (SSSR count). The number of ether oxygens (including phenoxy) is 1. The number of furan rings is 1. The van der Waals surface area contributed by atoms with Crippen LogP contribution in [0.15, 0.2) is 57.8 Å². The van der Waals surface area contributed by atoms with Gasteiger partial charge in [0.05, 0.1) is 26.5 Å². The lowest BCUT2D eigenvalue weighted by molar-refractivity contribution is 0.0942. The van der Waals surface area contributed by atoms with Crippen molar-refractivity contribution in [2.75, 3.05) is 7.11 Å². The SMILES string of the molecule is COc1ccccc1CN(Cc1nc(C(=O)NCc2ccco2)co1)[C@H](C)C(C)C. The first-order valence-corrected chi connectivity index (χ1v) is 10.1. The number of carbonyl (C=O) groups excluding carboxylic acids is 1. The largest absolute Gasteiger partial charge is 0.496 e. The quantitative estimate of drug-likeness (QED) is 0.537. The molecule has 0 spiro atoms. The van der Waals surface area contributed by atoms with Crippen LogP contribution in [-0.4, -0.2) is 28.9 Å². The van der Waals surface area contributed by atoms with Crippen molar-refractivity contribution in [1.29, 1.82) is 0 Å². The summed E-state index contributed by atoms with van der Waals surface area (Å²) in [4.78, 5) is 19.0. The standard InChI is InChI=1S/C23H29N3O4/c1-16(2)17(3)26(13-18-8-5-6-10-21(18)28-4)14-22-25-20(15-30-22)23(27)24-12-19-9-7-11-29-19/h5-11,15-17H,12-14H2,1-4H3,(H,24,27)/t17-/m1/s1. The van der Waals surface area contributed by atoms with Gasteiger partial charge in [0.15, 0.2) is 5.69 Å². The van der Waals surface area contributed by atoms with Crippen molar-refractivity contribution >= 4 is 5.91 Å². The summed E-state index contributed by atoms with van der Waals surface area (Å²) in [5, 5.41) is 2.78. The van der Waals surface area contributed by atoms with Crippen molar-refractivity contribution in [3.63, 3.8) is 0 Å². The van der Waals surface area contributed by atoms with E-state index in [4.69, 9.17) is 13.6 Å².